The number of carbonyl (C=O) groups excluding carboxylic acids is 2. The molecule has 2 aromatic carbocycles. The van der Waals surface area contributed by atoms with Crippen LogP contribution in [0.4, 0.5) is 0 Å². The van der Waals surface area contributed by atoms with Crippen LogP contribution in [0.1, 0.15) is 56.2 Å². The summed E-state index contributed by atoms with van der Waals surface area (Å²) in [6, 6.07) is 12.6. The van der Waals surface area contributed by atoms with E-state index in [-0.39, 0.29) is 34.4 Å². The molecule has 7 nitrogen and oxygen atoms in total. The number of fused-ring (bicyclic) bond motifs is 1. The molecule has 1 aliphatic heterocycles. The number of methoxy groups -OCH3 is 1. The number of esters is 1. The van der Waals surface area contributed by atoms with Crippen molar-refractivity contribution in [2.45, 2.75) is 53.1 Å². The van der Waals surface area contributed by atoms with E-state index in [0.29, 0.717) is 40.8 Å². The number of hydrogen-bond donors (Lipinski definition) is 1. The van der Waals surface area contributed by atoms with E-state index < -0.39 is 11.9 Å². The molecule has 0 bridgehead atoms. The standard InChI is InChI=1S/C31H31NO6/c1-17-6-11-25-21(12-17)29(34)22(16-37-25)27-26(30(35)38-15-19-7-9-20(36-5)10-8-19)18(2)32-23-13-31(3,4)14-24(33)28(23)27/h6-12,16,27,32H,13-15H2,1-5H3. The third-order valence-corrected chi connectivity index (χ3v) is 7.25. The number of rotatable bonds is 5. The van der Waals surface area contributed by atoms with Gasteiger partial charge >= 0.3 is 5.97 Å². The summed E-state index contributed by atoms with van der Waals surface area (Å²) >= 11 is 0. The van der Waals surface area contributed by atoms with Crippen LogP contribution in [-0.2, 0) is 20.9 Å². The van der Waals surface area contributed by atoms with E-state index in [1.54, 1.807) is 38.3 Å². The average Bonchev–Trinajstić information content (AvgIpc) is 2.86. The number of aryl methyl sites for hydroxylation is 1. The van der Waals surface area contributed by atoms with Gasteiger partial charge in [-0.3, -0.25) is 9.59 Å². The predicted octanol–water partition coefficient (Wildman–Crippen LogP) is 5.46. The number of dihydropyridines is 1. The van der Waals surface area contributed by atoms with Crippen molar-refractivity contribution in [3.8, 4) is 5.75 Å². The van der Waals surface area contributed by atoms with Gasteiger partial charge in [0.1, 0.15) is 17.9 Å². The molecule has 0 saturated heterocycles. The zero-order valence-electron chi connectivity index (χ0n) is 22.3. The maximum atomic E-state index is 13.8. The summed E-state index contributed by atoms with van der Waals surface area (Å²) in [5.74, 6) is -0.875. The lowest BCUT2D eigenvalue weighted by Gasteiger charge is -2.39. The molecular weight excluding hydrogens is 482 g/mol. The maximum Gasteiger partial charge on any atom is 0.337 e. The summed E-state index contributed by atoms with van der Waals surface area (Å²) in [7, 11) is 1.59. The van der Waals surface area contributed by atoms with Crippen LogP contribution in [0.3, 0.4) is 0 Å². The second-order valence-electron chi connectivity index (χ2n) is 10.9. The van der Waals surface area contributed by atoms with Crippen LogP contribution in [0.5, 0.6) is 5.75 Å². The van der Waals surface area contributed by atoms with Gasteiger partial charge < -0.3 is 19.2 Å². The number of carbonyl (C=O) groups is 2. The molecule has 0 amide bonds. The Bertz CT molecular complexity index is 1570. The fraction of sp³-hybridized carbons (Fsp3) is 0.323. The largest absolute Gasteiger partial charge is 0.497 e. The molecule has 5 rings (SSSR count). The first kappa shape index (κ1) is 25.5. The first-order valence-corrected chi connectivity index (χ1v) is 12.6. The van der Waals surface area contributed by atoms with E-state index in [1.165, 1.54) is 6.26 Å². The lowest BCUT2D eigenvalue weighted by Crippen LogP contribution is -2.39. The minimum Gasteiger partial charge on any atom is -0.497 e. The van der Waals surface area contributed by atoms with E-state index in [1.807, 2.05) is 39.0 Å². The van der Waals surface area contributed by atoms with Gasteiger partial charge in [0.15, 0.2) is 11.2 Å². The molecule has 7 heteroatoms. The Kier molecular flexibility index (Phi) is 6.47. The molecule has 1 N–H and O–H groups in total. The number of ketones is 1. The Balaban J connectivity index is 1.60. The van der Waals surface area contributed by atoms with Gasteiger partial charge in [-0.05, 0) is 55.5 Å². The van der Waals surface area contributed by atoms with E-state index >= 15 is 0 Å². The van der Waals surface area contributed by atoms with Gasteiger partial charge in [0.2, 0.25) is 0 Å². The number of benzene rings is 2. The van der Waals surface area contributed by atoms with E-state index in [9.17, 15) is 14.4 Å². The maximum absolute atomic E-state index is 13.8. The molecule has 1 atom stereocenters. The highest BCUT2D eigenvalue weighted by Crippen LogP contribution is 2.46. The molecule has 0 radical (unpaired) electrons. The number of ether oxygens (including phenoxy) is 2. The van der Waals surface area contributed by atoms with Crippen LogP contribution in [0.15, 0.2) is 80.5 Å². The van der Waals surface area contributed by atoms with Gasteiger partial charge in [0, 0.05) is 29.0 Å². The van der Waals surface area contributed by atoms with Gasteiger partial charge in [-0.1, -0.05) is 37.6 Å². The molecule has 196 valence electrons. The first-order chi connectivity index (χ1) is 18.1. The molecule has 1 aromatic heterocycles. The van der Waals surface area contributed by atoms with Gasteiger partial charge in [0.05, 0.1) is 30.3 Å². The van der Waals surface area contributed by atoms with E-state index in [4.69, 9.17) is 13.9 Å². The molecule has 3 aromatic rings. The summed E-state index contributed by atoms with van der Waals surface area (Å²) in [6.45, 7) is 7.78. The molecule has 0 spiro atoms. The van der Waals surface area contributed by atoms with Crippen LogP contribution < -0.4 is 15.5 Å². The summed E-state index contributed by atoms with van der Waals surface area (Å²) in [5.41, 5.74) is 3.86. The van der Waals surface area contributed by atoms with Gasteiger partial charge in [-0.25, -0.2) is 4.79 Å². The van der Waals surface area contributed by atoms with Crippen LogP contribution in [-0.4, -0.2) is 18.9 Å². The van der Waals surface area contributed by atoms with Gasteiger partial charge in [-0.15, -0.1) is 0 Å². The van der Waals surface area contributed by atoms with Crippen molar-refractivity contribution in [1.29, 1.82) is 0 Å². The molecule has 2 heterocycles. The number of allylic oxidation sites excluding steroid dienone is 3. The summed E-state index contributed by atoms with van der Waals surface area (Å²) in [5, 5.41) is 3.71. The Morgan fingerprint density at radius 2 is 1.82 bits per heavy atom. The topological polar surface area (TPSA) is 94.8 Å². The molecular formula is C31H31NO6. The highest BCUT2D eigenvalue weighted by atomic mass is 16.5. The molecule has 1 unspecified atom stereocenters. The smallest absolute Gasteiger partial charge is 0.337 e. The van der Waals surface area contributed by atoms with Crippen molar-refractivity contribution in [2.75, 3.05) is 7.11 Å². The fourth-order valence-corrected chi connectivity index (χ4v) is 5.43. The highest BCUT2D eigenvalue weighted by molar-refractivity contribution is 6.04. The Labute approximate surface area is 221 Å². The molecule has 38 heavy (non-hydrogen) atoms. The van der Waals surface area contributed by atoms with Crippen molar-refractivity contribution in [3.05, 3.63) is 98.2 Å². The molecule has 1 aliphatic carbocycles. The Hall–Kier alpha value is -4.13. The second kappa shape index (κ2) is 9.63. The van der Waals surface area contributed by atoms with Crippen molar-refractivity contribution < 1.29 is 23.5 Å². The van der Waals surface area contributed by atoms with Crippen LogP contribution >= 0.6 is 0 Å². The molecule has 2 aliphatic rings. The molecule has 0 fully saturated rings. The van der Waals surface area contributed by atoms with Crippen molar-refractivity contribution in [2.24, 2.45) is 5.41 Å². The van der Waals surface area contributed by atoms with Gasteiger partial charge in [0.25, 0.3) is 0 Å². The lowest BCUT2D eigenvalue weighted by molar-refractivity contribution is -0.140. The zero-order chi connectivity index (χ0) is 27.2. The summed E-state index contributed by atoms with van der Waals surface area (Å²) in [6.07, 6.45) is 2.32. The number of Topliss-reactive ketones (excluding diaryl/α,β-unsaturated/α-hetero) is 1. The SMILES string of the molecule is COc1ccc(COC(=O)C2=C(C)NC3=C(C(=O)CC(C)(C)C3)C2c2coc3ccc(C)cc3c2=O)cc1. The summed E-state index contributed by atoms with van der Waals surface area (Å²) < 4.78 is 16.8. The summed E-state index contributed by atoms with van der Waals surface area (Å²) in [4.78, 5) is 41.0. The van der Waals surface area contributed by atoms with Crippen molar-refractivity contribution >= 4 is 22.7 Å². The Morgan fingerprint density at radius 1 is 1.08 bits per heavy atom. The number of hydrogen-bond acceptors (Lipinski definition) is 7. The Morgan fingerprint density at radius 3 is 2.53 bits per heavy atom. The van der Waals surface area contributed by atoms with Gasteiger partial charge in [-0.2, -0.15) is 0 Å². The fourth-order valence-electron chi connectivity index (χ4n) is 5.43. The quantitative estimate of drug-likeness (QED) is 0.453. The zero-order valence-corrected chi connectivity index (χ0v) is 22.3. The van der Waals surface area contributed by atoms with Crippen molar-refractivity contribution in [1.82, 2.24) is 5.32 Å². The van der Waals surface area contributed by atoms with Crippen LogP contribution in [0.2, 0.25) is 0 Å². The monoisotopic (exact) mass is 513 g/mol. The third-order valence-electron chi connectivity index (χ3n) is 7.25. The molecule has 0 saturated carbocycles. The highest BCUT2D eigenvalue weighted by Gasteiger charge is 2.44. The second-order valence-corrected chi connectivity index (χ2v) is 10.9. The van der Waals surface area contributed by atoms with Crippen LogP contribution in [0.25, 0.3) is 11.0 Å². The first-order valence-electron chi connectivity index (χ1n) is 12.6. The minimum absolute atomic E-state index is 0.0325. The minimum atomic E-state index is -0.889. The van der Waals surface area contributed by atoms with E-state index in [0.717, 1.165) is 16.8 Å². The third kappa shape index (κ3) is 4.64. The predicted molar refractivity (Wildman–Crippen MR) is 144 cm³/mol. The average molecular weight is 514 g/mol. The normalized spacial score (nSPS) is 18.8. The van der Waals surface area contributed by atoms with E-state index in [2.05, 4.69) is 5.32 Å². The van der Waals surface area contributed by atoms with Crippen molar-refractivity contribution in [3.63, 3.8) is 0 Å². The number of nitrogens with one attached hydrogen (secondary N) is 1. The lowest BCUT2D eigenvalue weighted by atomic mass is 9.68. The van der Waals surface area contributed by atoms with Crippen LogP contribution in [0, 0.1) is 12.3 Å².